The largest absolute Gasteiger partial charge is 0.508 e. The fourth-order valence-corrected chi connectivity index (χ4v) is 6.40. The fourth-order valence-electron chi connectivity index (χ4n) is 6.40. The van der Waals surface area contributed by atoms with Crippen molar-refractivity contribution in [2.24, 2.45) is 22.7 Å². The van der Waals surface area contributed by atoms with Crippen LogP contribution in [0.3, 0.4) is 0 Å². The Balaban J connectivity index is 1.81. The molecule has 1 aromatic carbocycles. The molecule has 3 aliphatic carbocycles. The van der Waals surface area contributed by atoms with E-state index in [0.29, 0.717) is 25.3 Å². The number of primary amides is 1. The third-order valence-corrected chi connectivity index (χ3v) is 7.99. The molecule has 12 heteroatoms. The molecule has 0 saturated heterocycles. The Kier molecular flexibility index (Phi) is 7.81. The lowest BCUT2D eigenvalue weighted by Gasteiger charge is -2.50. The smallest absolute Gasteiger partial charge is 0.255 e. The summed E-state index contributed by atoms with van der Waals surface area (Å²) in [5.41, 5.74) is 3.97. The van der Waals surface area contributed by atoms with Crippen molar-refractivity contribution in [1.29, 1.82) is 0 Å². The molecule has 0 unspecified atom stereocenters. The van der Waals surface area contributed by atoms with Crippen LogP contribution in [0.4, 0.5) is 0 Å². The van der Waals surface area contributed by atoms with E-state index in [-0.39, 0.29) is 29.7 Å². The van der Waals surface area contributed by atoms with E-state index in [1.165, 1.54) is 11.0 Å². The Hall–Kier alpha value is -3.74. The molecule has 1 fully saturated rings. The average molecular weight is 557 g/mol. The first-order valence-electron chi connectivity index (χ1n) is 13.1. The van der Waals surface area contributed by atoms with E-state index in [0.717, 1.165) is 11.3 Å². The standard InChI is InChI=1S/C28H36N4O8/c1-6-40-30-13(2)11-32(5)12-14-7-8-18(33)20-16(14)9-15-10-17-22(31(3)4)24(35)21(27(29)38)26(37)28(17,39)25(36)19(15)23(20)34/h7-8,15,17,22,33-34,37,39H,6,9-12H2,1-5H3,(H2,29,38)/b30-13-/t15-,17-,22-,28-/m0/s1. The van der Waals surface area contributed by atoms with Gasteiger partial charge in [-0.05, 0) is 70.9 Å². The summed E-state index contributed by atoms with van der Waals surface area (Å²) in [6.45, 7) is 5.07. The summed E-state index contributed by atoms with van der Waals surface area (Å²) in [5, 5.41) is 48.8. The first kappa shape index (κ1) is 29.2. The number of aliphatic hydroxyl groups is 3. The number of phenols is 1. The van der Waals surface area contributed by atoms with Gasteiger partial charge >= 0.3 is 0 Å². The van der Waals surface area contributed by atoms with Gasteiger partial charge in [0.05, 0.1) is 17.3 Å². The van der Waals surface area contributed by atoms with Crippen molar-refractivity contribution in [1.82, 2.24) is 9.80 Å². The van der Waals surface area contributed by atoms with E-state index < -0.39 is 58.0 Å². The predicted molar refractivity (Wildman–Crippen MR) is 145 cm³/mol. The summed E-state index contributed by atoms with van der Waals surface area (Å²) in [4.78, 5) is 47.8. The number of hydrogen-bond donors (Lipinski definition) is 5. The number of carbonyl (C=O) groups is 3. The van der Waals surface area contributed by atoms with Crippen molar-refractivity contribution in [2.45, 2.75) is 44.9 Å². The topological polar surface area (TPSA) is 186 Å². The molecule has 6 N–H and O–H groups in total. The van der Waals surface area contributed by atoms with Gasteiger partial charge in [0.1, 0.15) is 29.4 Å². The molecule has 1 amide bonds. The van der Waals surface area contributed by atoms with Crippen LogP contribution in [0.5, 0.6) is 5.75 Å². The Morgan fingerprint density at radius 1 is 1.20 bits per heavy atom. The Labute approximate surface area is 232 Å². The lowest BCUT2D eigenvalue weighted by atomic mass is 9.57. The van der Waals surface area contributed by atoms with Gasteiger partial charge in [-0.15, -0.1) is 0 Å². The van der Waals surface area contributed by atoms with Crippen LogP contribution in [0, 0.1) is 11.8 Å². The van der Waals surface area contributed by atoms with Crippen LogP contribution in [0.1, 0.15) is 37.0 Å². The van der Waals surface area contributed by atoms with Crippen molar-refractivity contribution >= 4 is 28.9 Å². The van der Waals surface area contributed by atoms with Crippen LogP contribution in [-0.4, -0.2) is 99.3 Å². The number of phenolic OH excluding ortho intramolecular Hbond substituents is 1. The average Bonchev–Trinajstić information content (AvgIpc) is 2.86. The molecule has 0 radical (unpaired) electrons. The van der Waals surface area contributed by atoms with Crippen LogP contribution in [0.2, 0.25) is 0 Å². The zero-order valence-corrected chi connectivity index (χ0v) is 23.3. The summed E-state index contributed by atoms with van der Waals surface area (Å²) in [6.07, 6.45) is 0.273. The number of carbonyl (C=O) groups excluding carboxylic acids is 3. The number of aliphatic hydroxyl groups excluding tert-OH is 2. The highest BCUT2D eigenvalue weighted by Gasteiger charge is 2.64. The molecule has 3 aliphatic rings. The monoisotopic (exact) mass is 556 g/mol. The highest BCUT2D eigenvalue weighted by atomic mass is 16.6. The Morgan fingerprint density at radius 3 is 2.48 bits per heavy atom. The number of fused-ring (bicyclic) bond motifs is 3. The minimum atomic E-state index is -2.66. The summed E-state index contributed by atoms with van der Waals surface area (Å²) in [5.74, 6) is -6.69. The molecule has 40 heavy (non-hydrogen) atoms. The minimum absolute atomic E-state index is 0.0385. The van der Waals surface area contributed by atoms with Crippen LogP contribution in [-0.2, 0) is 32.2 Å². The second kappa shape index (κ2) is 10.7. The van der Waals surface area contributed by atoms with Crippen molar-refractivity contribution in [3.8, 4) is 5.75 Å². The number of rotatable bonds is 8. The van der Waals surface area contributed by atoms with Crippen molar-refractivity contribution < 1.29 is 39.6 Å². The summed E-state index contributed by atoms with van der Waals surface area (Å²) < 4.78 is 0. The molecule has 0 spiro atoms. The number of ketones is 2. The molecule has 216 valence electrons. The predicted octanol–water partition coefficient (Wildman–Crippen LogP) is 0.808. The zero-order chi connectivity index (χ0) is 29.7. The molecule has 1 aromatic rings. The second-order valence-electron chi connectivity index (χ2n) is 11.0. The van der Waals surface area contributed by atoms with Crippen molar-refractivity contribution in [3.05, 3.63) is 45.7 Å². The van der Waals surface area contributed by atoms with E-state index >= 15 is 0 Å². The number of Topliss-reactive ketones (excluding diaryl/α,β-unsaturated/α-hetero) is 2. The second-order valence-corrected chi connectivity index (χ2v) is 11.0. The molecular formula is C28H36N4O8. The number of benzene rings is 1. The SMILES string of the molecule is CCO/N=C(/C)CN(C)Cc1ccc(O)c2c1C[C@H]1C[C@H]3[C@H](N(C)C)C(=O)C(C(N)=O)=C(O)[C@@]3(O)C(=O)C1=C2O. The molecular weight excluding hydrogens is 520 g/mol. The zero-order valence-electron chi connectivity index (χ0n) is 23.3. The number of likely N-dealkylation sites (N-methyl/N-ethyl adjacent to an activating group) is 1. The van der Waals surface area contributed by atoms with Crippen LogP contribution >= 0.6 is 0 Å². The third kappa shape index (κ3) is 4.55. The van der Waals surface area contributed by atoms with Gasteiger partial charge in [-0.2, -0.15) is 0 Å². The fraction of sp³-hybridized carbons (Fsp3) is 0.500. The van der Waals surface area contributed by atoms with E-state index in [4.69, 9.17) is 10.6 Å². The van der Waals surface area contributed by atoms with Crippen LogP contribution in [0.25, 0.3) is 5.76 Å². The van der Waals surface area contributed by atoms with Gasteiger partial charge in [0.2, 0.25) is 5.78 Å². The van der Waals surface area contributed by atoms with E-state index in [2.05, 4.69) is 5.16 Å². The highest BCUT2D eigenvalue weighted by molar-refractivity contribution is 6.24. The van der Waals surface area contributed by atoms with E-state index in [1.54, 1.807) is 20.2 Å². The number of hydrogen-bond acceptors (Lipinski definition) is 11. The minimum Gasteiger partial charge on any atom is -0.508 e. The number of nitrogens with zero attached hydrogens (tertiary/aromatic N) is 3. The number of aromatic hydroxyl groups is 1. The maximum atomic E-state index is 13.9. The first-order valence-corrected chi connectivity index (χ1v) is 13.1. The van der Waals surface area contributed by atoms with E-state index in [9.17, 15) is 34.8 Å². The van der Waals surface area contributed by atoms with Gasteiger partial charge in [0, 0.05) is 24.6 Å². The lowest BCUT2D eigenvalue weighted by molar-refractivity contribution is -0.153. The quantitative estimate of drug-likeness (QED) is 0.174. The number of amides is 1. The van der Waals surface area contributed by atoms with E-state index in [1.807, 2.05) is 25.8 Å². The molecule has 4 rings (SSSR count). The van der Waals surface area contributed by atoms with Gasteiger partial charge in [-0.25, -0.2) is 0 Å². The van der Waals surface area contributed by atoms with Gasteiger partial charge in [0.15, 0.2) is 11.4 Å². The number of nitrogens with two attached hydrogens (primary N) is 1. The van der Waals surface area contributed by atoms with Gasteiger partial charge in [-0.1, -0.05) is 11.2 Å². The molecule has 12 nitrogen and oxygen atoms in total. The normalized spacial score (nSPS) is 26.7. The molecule has 0 heterocycles. The van der Waals surface area contributed by atoms with Crippen LogP contribution < -0.4 is 5.73 Å². The molecule has 0 bridgehead atoms. The maximum absolute atomic E-state index is 13.9. The summed E-state index contributed by atoms with van der Waals surface area (Å²) >= 11 is 0. The van der Waals surface area contributed by atoms with Crippen molar-refractivity contribution in [3.63, 3.8) is 0 Å². The molecule has 0 aromatic heterocycles. The van der Waals surface area contributed by atoms with Crippen LogP contribution in [0.15, 0.2) is 34.2 Å². The maximum Gasteiger partial charge on any atom is 0.255 e. The number of oxime groups is 1. The molecule has 0 aliphatic heterocycles. The first-order chi connectivity index (χ1) is 18.7. The highest BCUT2D eigenvalue weighted by Crippen LogP contribution is 2.53. The van der Waals surface area contributed by atoms with Gasteiger partial charge in [-0.3, -0.25) is 24.2 Å². The Morgan fingerprint density at radius 2 is 1.88 bits per heavy atom. The summed E-state index contributed by atoms with van der Waals surface area (Å²) in [7, 11) is 5.02. The van der Waals surface area contributed by atoms with Crippen molar-refractivity contribution in [2.75, 3.05) is 34.3 Å². The van der Waals surface area contributed by atoms with Gasteiger partial charge in [0.25, 0.3) is 5.91 Å². The summed E-state index contributed by atoms with van der Waals surface area (Å²) in [6, 6.07) is 2.05. The third-order valence-electron chi connectivity index (χ3n) is 7.99. The molecule has 4 atom stereocenters. The lowest BCUT2D eigenvalue weighted by Crippen LogP contribution is -2.65. The Bertz CT molecular complexity index is 1360. The molecule has 1 saturated carbocycles. The van der Waals surface area contributed by atoms with Gasteiger partial charge < -0.3 is 31.0 Å².